The predicted molar refractivity (Wildman–Crippen MR) is 111 cm³/mol. The number of carbonyl (C=O) groups excluding carboxylic acids is 2. The molecule has 2 aromatic carbocycles. The number of ether oxygens (including phenoxy) is 1. The number of rotatable bonds is 8. The zero-order valence-electron chi connectivity index (χ0n) is 16.9. The van der Waals surface area contributed by atoms with Crippen molar-refractivity contribution in [1.82, 2.24) is 4.90 Å². The highest BCUT2D eigenvalue weighted by atomic mass is 16.5. The third kappa shape index (κ3) is 4.71. The maximum atomic E-state index is 11.7. The third-order valence-electron chi connectivity index (χ3n) is 5.12. The van der Waals surface area contributed by atoms with Crippen LogP contribution in [-0.2, 0) is 16.1 Å². The van der Waals surface area contributed by atoms with Gasteiger partial charge in [-0.2, -0.15) is 0 Å². The number of anilines is 1. The van der Waals surface area contributed by atoms with Crippen LogP contribution in [0, 0.1) is 13.8 Å². The first-order valence-corrected chi connectivity index (χ1v) is 9.85. The Morgan fingerprint density at radius 1 is 1.00 bits per heavy atom. The summed E-state index contributed by atoms with van der Waals surface area (Å²) in [6.07, 6.45) is 0.642. The lowest BCUT2D eigenvalue weighted by Crippen LogP contribution is -2.33. The van der Waals surface area contributed by atoms with E-state index >= 15 is 0 Å². The Hall–Kier alpha value is -2.82. The van der Waals surface area contributed by atoms with Crippen LogP contribution in [0.1, 0.15) is 36.5 Å². The molecule has 0 atom stereocenters. The second kappa shape index (κ2) is 8.91. The quantitative estimate of drug-likeness (QED) is 0.653. The van der Waals surface area contributed by atoms with Crippen LogP contribution < -0.4 is 9.64 Å². The van der Waals surface area contributed by atoms with Crippen molar-refractivity contribution in [2.75, 3.05) is 24.6 Å². The molecule has 0 aromatic heterocycles. The Labute approximate surface area is 166 Å². The van der Waals surface area contributed by atoms with Crippen molar-refractivity contribution in [3.05, 3.63) is 59.2 Å². The zero-order valence-corrected chi connectivity index (χ0v) is 16.9. The minimum atomic E-state index is -0.101. The number of hydrogen-bond donors (Lipinski definition) is 0. The van der Waals surface area contributed by atoms with E-state index in [1.165, 1.54) is 21.7 Å². The highest BCUT2D eigenvalue weighted by molar-refractivity contribution is 6.01. The molecule has 3 rings (SSSR count). The molecule has 1 fully saturated rings. The second-order valence-corrected chi connectivity index (χ2v) is 7.24. The minimum Gasteiger partial charge on any atom is -0.491 e. The largest absolute Gasteiger partial charge is 0.491 e. The van der Waals surface area contributed by atoms with E-state index in [0.29, 0.717) is 26.0 Å². The van der Waals surface area contributed by atoms with Gasteiger partial charge in [0.2, 0.25) is 11.8 Å². The molecule has 0 saturated carbocycles. The molecule has 1 saturated heterocycles. The molecule has 1 aliphatic rings. The fourth-order valence-electron chi connectivity index (χ4n) is 3.45. The van der Waals surface area contributed by atoms with Gasteiger partial charge in [0.1, 0.15) is 12.4 Å². The summed E-state index contributed by atoms with van der Waals surface area (Å²) in [5, 5.41) is 0. The molecule has 0 spiro atoms. The fourth-order valence-corrected chi connectivity index (χ4v) is 3.45. The van der Waals surface area contributed by atoms with E-state index in [-0.39, 0.29) is 11.8 Å². The van der Waals surface area contributed by atoms with E-state index in [2.05, 4.69) is 55.1 Å². The van der Waals surface area contributed by atoms with Crippen LogP contribution >= 0.6 is 0 Å². The van der Waals surface area contributed by atoms with Gasteiger partial charge in [-0.1, -0.05) is 29.8 Å². The number of carbonyl (C=O) groups is 2. The molecular weight excluding hydrogens is 352 g/mol. The van der Waals surface area contributed by atoms with E-state index in [4.69, 9.17) is 4.74 Å². The highest BCUT2D eigenvalue weighted by Crippen LogP contribution is 2.23. The molecule has 5 heteroatoms. The number of aryl methyl sites for hydroxylation is 2. The van der Waals surface area contributed by atoms with Gasteiger partial charge in [-0.15, -0.1) is 0 Å². The summed E-state index contributed by atoms with van der Waals surface area (Å²) < 4.78 is 5.82. The average Bonchev–Trinajstić information content (AvgIpc) is 3.00. The average molecular weight is 380 g/mol. The lowest BCUT2D eigenvalue weighted by Gasteiger charge is -2.24. The molecule has 0 aliphatic carbocycles. The topological polar surface area (TPSA) is 49.9 Å². The predicted octanol–water partition coefficient (Wildman–Crippen LogP) is 3.86. The Balaban J connectivity index is 1.59. The summed E-state index contributed by atoms with van der Waals surface area (Å²) in [5.74, 6) is 0.592. The summed E-state index contributed by atoms with van der Waals surface area (Å²) in [4.78, 5) is 26.9. The summed E-state index contributed by atoms with van der Waals surface area (Å²) in [7, 11) is 0. The minimum absolute atomic E-state index is 0.101. The summed E-state index contributed by atoms with van der Waals surface area (Å²) >= 11 is 0. The molecule has 148 valence electrons. The number of nitrogens with zero attached hydrogens (tertiary/aromatic N) is 2. The lowest BCUT2D eigenvalue weighted by molar-refractivity contribution is -0.138. The number of benzene rings is 2. The van der Waals surface area contributed by atoms with Crippen molar-refractivity contribution >= 4 is 17.5 Å². The maximum Gasteiger partial charge on any atom is 0.229 e. The first-order valence-electron chi connectivity index (χ1n) is 9.85. The molecule has 28 heavy (non-hydrogen) atoms. The van der Waals surface area contributed by atoms with Gasteiger partial charge in [0.05, 0.1) is 6.54 Å². The van der Waals surface area contributed by atoms with Crippen LogP contribution in [0.3, 0.4) is 0 Å². The fraction of sp³-hybridized carbons (Fsp3) is 0.391. The van der Waals surface area contributed by atoms with Gasteiger partial charge < -0.3 is 9.64 Å². The first-order chi connectivity index (χ1) is 13.5. The summed E-state index contributed by atoms with van der Waals surface area (Å²) in [5.41, 5.74) is 4.74. The number of amides is 2. The van der Waals surface area contributed by atoms with Crippen molar-refractivity contribution in [3.8, 4) is 5.75 Å². The lowest BCUT2D eigenvalue weighted by atomic mass is 10.1. The van der Waals surface area contributed by atoms with E-state index in [0.717, 1.165) is 24.4 Å². The van der Waals surface area contributed by atoms with Crippen LogP contribution in [-0.4, -0.2) is 36.4 Å². The van der Waals surface area contributed by atoms with Crippen molar-refractivity contribution in [1.29, 1.82) is 0 Å². The maximum absolute atomic E-state index is 11.7. The van der Waals surface area contributed by atoms with E-state index < -0.39 is 0 Å². The Morgan fingerprint density at radius 3 is 2.29 bits per heavy atom. The van der Waals surface area contributed by atoms with Gasteiger partial charge >= 0.3 is 0 Å². The standard InChI is InChI=1S/C23H28N2O3/c1-4-24(20-8-5-17(2)6-9-20)16-19-7-10-21(18(3)15-19)28-14-13-25-22(26)11-12-23(25)27/h5-10,15H,4,11-14,16H2,1-3H3. The molecule has 0 bridgehead atoms. The van der Waals surface area contributed by atoms with Crippen LogP contribution in [0.2, 0.25) is 0 Å². The van der Waals surface area contributed by atoms with E-state index in [1.54, 1.807) is 0 Å². The zero-order chi connectivity index (χ0) is 20.1. The summed E-state index contributed by atoms with van der Waals surface area (Å²) in [6, 6.07) is 14.8. The first kappa shape index (κ1) is 19.9. The Bertz CT molecular complexity index is 829. The van der Waals surface area contributed by atoms with Crippen molar-refractivity contribution < 1.29 is 14.3 Å². The number of imide groups is 1. The normalized spacial score (nSPS) is 13.9. The van der Waals surface area contributed by atoms with Gasteiger partial charge in [0, 0.05) is 31.6 Å². The van der Waals surface area contributed by atoms with Gasteiger partial charge in [-0.05, 0) is 50.1 Å². The van der Waals surface area contributed by atoms with Crippen molar-refractivity contribution in [3.63, 3.8) is 0 Å². The number of likely N-dealkylation sites (tertiary alicyclic amines) is 1. The second-order valence-electron chi connectivity index (χ2n) is 7.24. The molecule has 1 aliphatic heterocycles. The van der Waals surface area contributed by atoms with Crippen molar-refractivity contribution in [2.45, 2.75) is 40.2 Å². The van der Waals surface area contributed by atoms with Crippen molar-refractivity contribution in [2.24, 2.45) is 0 Å². The molecular formula is C23H28N2O3. The molecule has 0 radical (unpaired) electrons. The Kier molecular flexibility index (Phi) is 6.34. The molecule has 0 N–H and O–H groups in total. The molecule has 1 heterocycles. The van der Waals surface area contributed by atoms with Gasteiger partial charge in [0.25, 0.3) is 0 Å². The van der Waals surface area contributed by atoms with E-state index in [9.17, 15) is 9.59 Å². The molecule has 2 amide bonds. The smallest absolute Gasteiger partial charge is 0.229 e. The van der Waals surface area contributed by atoms with Crippen LogP contribution in [0.4, 0.5) is 5.69 Å². The molecule has 5 nitrogen and oxygen atoms in total. The van der Waals surface area contributed by atoms with Gasteiger partial charge in [-0.25, -0.2) is 0 Å². The summed E-state index contributed by atoms with van der Waals surface area (Å²) in [6.45, 7) is 8.67. The van der Waals surface area contributed by atoms with Crippen LogP contribution in [0.5, 0.6) is 5.75 Å². The van der Waals surface area contributed by atoms with Gasteiger partial charge in [-0.3, -0.25) is 14.5 Å². The number of hydrogen-bond acceptors (Lipinski definition) is 4. The SMILES string of the molecule is CCN(Cc1ccc(OCCN2C(=O)CCC2=O)c(C)c1)c1ccc(C)cc1. The van der Waals surface area contributed by atoms with Gasteiger partial charge in [0.15, 0.2) is 0 Å². The van der Waals surface area contributed by atoms with Crippen LogP contribution in [0.25, 0.3) is 0 Å². The Morgan fingerprint density at radius 2 is 1.68 bits per heavy atom. The molecule has 0 unspecified atom stereocenters. The highest BCUT2D eigenvalue weighted by Gasteiger charge is 2.28. The monoisotopic (exact) mass is 380 g/mol. The van der Waals surface area contributed by atoms with Crippen LogP contribution in [0.15, 0.2) is 42.5 Å². The van der Waals surface area contributed by atoms with E-state index in [1.807, 2.05) is 13.0 Å². The molecule has 2 aromatic rings. The third-order valence-corrected chi connectivity index (χ3v) is 5.12.